The van der Waals surface area contributed by atoms with Crippen molar-refractivity contribution < 1.29 is 0 Å². The molecular formula is C24H20. The zero-order valence-electron chi connectivity index (χ0n) is 13.7. The van der Waals surface area contributed by atoms with Crippen molar-refractivity contribution >= 4 is 10.8 Å². The maximum Gasteiger partial charge on any atom is 0.0573 e. The summed E-state index contributed by atoms with van der Waals surface area (Å²) in [4.78, 5) is 0. The highest BCUT2D eigenvalue weighted by molar-refractivity contribution is 5.90. The molecule has 0 spiro atoms. The lowest BCUT2D eigenvalue weighted by molar-refractivity contribution is 0.718. The summed E-state index contributed by atoms with van der Waals surface area (Å²) in [7, 11) is 0. The molecule has 2 aromatic rings. The van der Waals surface area contributed by atoms with E-state index in [0.29, 0.717) is 5.92 Å². The van der Waals surface area contributed by atoms with Crippen molar-refractivity contribution in [2.45, 2.75) is 12.8 Å². The quantitative estimate of drug-likeness (QED) is 0.647. The summed E-state index contributed by atoms with van der Waals surface area (Å²) >= 11 is 0. The summed E-state index contributed by atoms with van der Waals surface area (Å²) in [6.07, 6.45) is 19.5. The van der Waals surface area contributed by atoms with Crippen LogP contribution >= 0.6 is 0 Å². The first-order valence-corrected chi connectivity index (χ1v) is 8.62. The van der Waals surface area contributed by atoms with E-state index in [1.54, 1.807) is 0 Å². The highest BCUT2D eigenvalue weighted by atomic mass is 14.1. The van der Waals surface area contributed by atoms with Gasteiger partial charge < -0.3 is 0 Å². The zero-order valence-corrected chi connectivity index (χ0v) is 13.7. The molecule has 0 heteroatoms. The van der Waals surface area contributed by atoms with E-state index in [9.17, 15) is 0 Å². The van der Waals surface area contributed by atoms with Gasteiger partial charge in [-0.25, -0.2) is 0 Å². The lowest BCUT2D eigenvalue weighted by atomic mass is 9.94. The zero-order chi connectivity index (χ0) is 16.2. The number of fused-ring (bicyclic) bond motifs is 1. The Morgan fingerprint density at radius 2 is 1.46 bits per heavy atom. The fourth-order valence-corrected chi connectivity index (χ4v) is 3.38. The molecule has 2 aliphatic rings. The van der Waals surface area contributed by atoms with Gasteiger partial charge in [-0.1, -0.05) is 90.8 Å². The number of hydrogen-bond acceptors (Lipinski definition) is 0. The smallest absolute Gasteiger partial charge is 0.0573 e. The normalized spacial score (nSPS) is 16.2. The molecule has 0 aliphatic heterocycles. The van der Waals surface area contributed by atoms with E-state index in [0.717, 1.165) is 12.0 Å². The Morgan fingerprint density at radius 1 is 0.750 bits per heavy atom. The van der Waals surface area contributed by atoms with Gasteiger partial charge in [-0.2, -0.15) is 0 Å². The van der Waals surface area contributed by atoms with Crippen LogP contribution in [0.1, 0.15) is 17.5 Å². The van der Waals surface area contributed by atoms with Gasteiger partial charge >= 0.3 is 0 Å². The van der Waals surface area contributed by atoms with Crippen LogP contribution in [0.2, 0.25) is 0 Å². The summed E-state index contributed by atoms with van der Waals surface area (Å²) in [5.41, 5.74) is 2.55. The summed E-state index contributed by atoms with van der Waals surface area (Å²) in [6.45, 7) is 0. The van der Waals surface area contributed by atoms with Crippen molar-refractivity contribution in [2.24, 2.45) is 11.8 Å². The summed E-state index contributed by atoms with van der Waals surface area (Å²) < 4.78 is 0. The van der Waals surface area contributed by atoms with E-state index >= 15 is 0 Å². The predicted octanol–water partition coefficient (Wildman–Crippen LogP) is 5.61. The third-order valence-electron chi connectivity index (χ3n) is 4.71. The molecule has 0 aromatic heterocycles. The molecule has 0 unspecified atom stereocenters. The van der Waals surface area contributed by atoms with Gasteiger partial charge in [0.1, 0.15) is 0 Å². The maximum atomic E-state index is 3.38. The minimum Gasteiger partial charge on any atom is -0.0861 e. The largest absolute Gasteiger partial charge is 0.0861 e. The summed E-state index contributed by atoms with van der Waals surface area (Å²) in [5, 5.41) is 2.61. The first kappa shape index (κ1) is 14.8. The van der Waals surface area contributed by atoms with Crippen molar-refractivity contribution in [3.8, 4) is 11.8 Å². The highest BCUT2D eigenvalue weighted by Crippen LogP contribution is 2.25. The molecule has 2 aromatic carbocycles. The Balaban J connectivity index is 1.63. The van der Waals surface area contributed by atoms with Gasteiger partial charge in [0.25, 0.3) is 0 Å². The Bertz CT molecular complexity index is 901. The molecule has 0 atom stereocenters. The van der Waals surface area contributed by atoms with E-state index < -0.39 is 0 Å². The first-order valence-electron chi connectivity index (χ1n) is 8.62. The van der Waals surface area contributed by atoms with Gasteiger partial charge in [0.15, 0.2) is 0 Å². The molecule has 0 heterocycles. The van der Waals surface area contributed by atoms with E-state index in [2.05, 4.69) is 96.8 Å². The van der Waals surface area contributed by atoms with Crippen molar-refractivity contribution in [2.75, 3.05) is 0 Å². The van der Waals surface area contributed by atoms with Gasteiger partial charge in [0.05, 0.1) is 5.92 Å². The third kappa shape index (κ3) is 3.12. The molecule has 0 saturated heterocycles. The Labute approximate surface area is 143 Å². The lowest BCUT2D eigenvalue weighted by Gasteiger charge is -2.10. The van der Waals surface area contributed by atoms with Crippen LogP contribution < -0.4 is 0 Å². The number of rotatable bonds is 3. The number of hydrogen-bond donors (Lipinski definition) is 0. The lowest BCUT2D eigenvalue weighted by Crippen LogP contribution is -1.95. The van der Waals surface area contributed by atoms with E-state index in [1.165, 1.54) is 22.8 Å². The number of aryl methyl sites for hydroxylation is 1. The van der Waals surface area contributed by atoms with Gasteiger partial charge in [-0.05, 0) is 41.2 Å². The second kappa shape index (κ2) is 6.77. The molecule has 0 nitrogen and oxygen atoms in total. The van der Waals surface area contributed by atoms with Crippen LogP contribution in [-0.4, -0.2) is 0 Å². The molecular weight excluding hydrogens is 288 g/mol. The fourth-order valence-electron chi connectivity index (χ4n) is 3.38. The topological polar surface area (TPSA) is 0 Å². The summed E-state index contributed by atoms with van der Waals surface area (Å²) in [6, 6.07) is 13.1. The van der Waals surface area contributed by atoms with Crippen LogP contribution in [0.3, 0.4) is 0 Å². The van der Waals surface area contributed by atoms with Gasteiger partial charge in [0, 0.05) is 5.56 Å². The van der Waals surface area contributed by atoms with Crippen LogP contribution in [0.4, 0.5) is 0 Å². The Morgan fingerprint density at radius 3 is 2.29 bits per heavy atom. The SMILES string of the molecule is C(#CC1C=CC=C1)c1cccc2c(CCC3C=CC=C3)cccc12. The molecule has 0 amide bonds. The van der Waals surface area contributed by atoms with Crippen molar-refractivity contribution in [1.29, 1.82) is 0 Å². The van der Waals surface area contributed by atoms with Crippen molar-refractivity contribution in [3.63, 3.8) is 0 Å². The maximum absolute atomic E-state index is 3.38. The second-order valence-electron chi connectivity index (χ2n) is 6.36. The van der Waals surface area contributed by atoms with E-state index in [4.69, 9.17) is 0 Å². The average Bonchev–Trinajstić information content (AvgIpc) is 3.31. The fraction of sp³-hybridized carbons (Fsp3) is 0.167. The molecule has 0 bridgehead atoms. The van der Waals surface area contributed by atoms with Gasteiger partial charge in [-0.15, -0.1) is 0 Å². The Hall–Kier alpha value is -2.78. The number of allylic oxidation sites excluding steroid dienone is 8. The third-order valence-corrected chi connectivity index (χ3v) is 4.71. The monoisotopic (exact) mass is 308 g/mol. The highest BCUT2D eigenvalue weighted by Gasteiger charge is 2.08. The van der Waals surface area contributed by atoms with Crippen molar-refractivity contribution in [1.82, 2.24) is 0 Å². The number of benzene rings is 2. The van der Waals surface area contributed by atoms with Gasteiger partial charge in [-0.3, -0.25) is 0 Å². The molecule has 4 rings (SSSR count). The van der Waals surface area contributed by atoms with Crippen LogP contribution in [0.5, 0.6) is 0 Å². The molecule has 0 saturated carbocycles. The first-order chi connectivity index (χ1) is 11.9. The molecule has 24 heavy (non-hydrogen) atoms. The molecule has 2 aliphatic carbocycles. The molecule has 0 N–H and O–H groups in total. The van der Waals surface area contributed by atoms with Crippen molar-refractivity contribution in [3.05, 3.63) is 96.1 Å². The standard InChI is InChI=1S/C24H20/c1-2-8-19(7-1)15-17-21-11-5-14-24-22(12-6-13-23(21)24)18-16-20-9-3-4-10-20/h1-14,19-20H,15,17H2. The van der Waals surface area contributed by atoms with E-state index in [1.807, 2.05) is 0 Å². The predicted molar refractivity (Wildman–Crippen MR) is 103 cm³/mol. The second-order valence-corrected chi connectivity index (χ2v) is 6.36. The molecule has 0 radical (unpaired) electrons. The average molecular weight is 308 g/mol. The van der Waals surface area contributed by atoms with Crippen LogP contribution in [0, 0.1) is 23.7 Å². The minimum atomic E-state index is 0.254. The van der Waals surface area contributed by atoms with Crippen LogP contribution in [0.15, 0.2) is 85.0 Å². The van der Waals surface area contributed by atoms with Crippen LogP contribution in [0.25, 0.3) is 10.8 Å². The summed E-state index contributed by atoms with van der Waals surface area (Å²) in [5.74, 6) is 7.56. The van der Waals surface area contributed by atoms with Gasteiger partial charge in [0.2, 0.25) is 0 Å². The van der Waals surface area contributed by atoms with Crippen LogP contribution in [-0.2, 0) is 6.42 Å². The molecule has 116 valence electrons. The minimum absolute atomic E-state index is 0.254. The Kier molecular flexibility index (Phi) is 4.17. The van der Waals surface area contributed by atoms with E-state index in [-0.39, 0.29) is 5.92 Å². The molecule has 0 fully saturated rings.